The highest BCUT2D eigenvalue weighted by atomic mass is 79.9. The molecule has 0 saturated carbocycles. The van der Waals surface area contributed by atoms with E-state index in [1.54, 1.807) is 12.1 Å². The van der Waals surface area contributed by atoms with Crippen molar-refractivity contribution >= 4 is 21.6 Å². The summed E-state index contributed by atoms with van der Waals surface area (Å²) in [5.41, 5.74) is 1.81. The van der Waals surface area contributed by atoms with Crippen molar-refractivity contribution in [3.8, 4) is 5.75 Å². The van der Waals surface area contributed by atoms with Crippen LogP contribution in [0.1, 0.15) is 11.4 Å². The Labute approximate surface area is 112 Å². The van der Waals surface area contributed by atoms with Crippen LogP contribution in [0.15, 0.2) is 47.1 Å². The van der Waals surface area contributed by atoms with Crippen LogP contribution in [-0.4, -0.2) is 19.7 Å². The summed E-state index contributed by atoms with van der Waals surface area (Å²) in [6.07, 6.45) is 0.623. The van der Waals surface area contributed by atoms with Gasteiger partial charge in [0.2, 0.25) is 0 Å². The maximum absolute atomic E-state index is 9.46. The number of benzene rings is 1. The van der Waals surface area contributed by atoms with Gasteiger partial charge in [-0.3, -0.25) is 4.40 Å². The van der Waals surface area contributed by atoms with Crippen molar-refractivity contribution in [2.45, 2.75) is 6.42 Å². The Morgan fingerprint density at radius 2 is 1.94 bits per heavy atom. The third-order valence-corrected chi connectivity index (χ3v) is 3.34. The molecule has 0 spiro atoms. The smallest absolute Gasteiger partial charge is 0.161 e. The standard InChI is InChI=1S/C13H10BrN3O/c14-11-5-2-6-12-15-16-13(17(11)12)8-9-3-1-4-10(18)7-9/h1-7,18H,8H2. The molecule has 0 aliphatic rings. The van der Waals surface area contributed by atoms with E-state index in [1.165, 1.54) is 0 Å². The van der Waals surface area contributed by atoms with Gasteiger partial charge in [-0.05, 0) is 45.8 Å². The van der Waals surface area contributed by atoms with Gasteiger partial charge in [0.25, 0.3) is 0 Å². The van der Waals surface area contributed by atoms with Crippen LogP contribution in [0.3, 0.4) is 0 Å². The first-order valence-electron chi connectivity index (χ1n) is 5.50. The molecule has 0 bridgehead atoms. The molecular formula is C13H10BrN3O. The van der Waals surface area contributed by atoms with Gasteiger partial charge in [0.05, 0.1) is 4.60 Å². The lowest BCUT2D eigenvalue weighted by Gasteiger charge is -2.03. The lowest BCUT2D eigenvalue weighted by atomic mass is 10.1. The predicted molar refractivity (Wildman–Crippen MR) is 71.6 cm³/mol. The second-order valence-corrected chi connectivity index (χ2v) is 4.82. The van der Waals surface area contributed by atoms with Crippen molar-refractivity contribution < 1.29 is 5.11 Å². The second kappa shape index (κ2) is 4.42. The van der Waals surface area contributed by atoms with Crippen LogP contribution >= 0.6 is 15.9 Å². The van der Waals surface area contributed by atoms with Crippen molar-refractivity contribution in [3.05, 3.63) is 58.5 Å². The van der Waals surface area contributed by atoms with Gasteiger partial charge >= 0.3 is 0 Å². The second-order valence-electron chi connectivity index (χ2n) is 4.01. The molecule has 90 valence electrons. The minimum atomic E-state index is 0.264. The van der Waals surface area contributed by atoms with Gasteiger partial charge in [-0.15, -0.1) is 10.2 Å². The zero-order valence-corrected chi connectivity index (χ0v) is 11.0. The molecule has 1 N–H and O–H groups in total. The van der Waals surface area contributed by atoms with E-state index in [2.05, 4.69) is 26.1 Å². The molecule has 2 heterocycles. The molecule has 0 aliphatic heterocycles. The zero-order chi connectivity index (χ0) is 12.5. The highest BCUT2D eigenvalue weighted by Crippen LogP contribution is 2.18. The highest BCUT2D eigenvalue weighted by molar-refractivity contribution is 9.10. The van der Waals surface area contributed by atoms with Crippen molar-refractivity contribution in [2.75, 3.05) is 0 Å². The van der Waals surface area contributed by atoms with E-state index in [9.17, 15) is 5.11 Å². The minimum Gasteiger partial charge on any atom is -0.508 e. The molecular weight excluding hydrogens is 294 g/mol. The Hall–Kier alpha value is -1.88. The molecule has 0 aliphatic carbocycles. The minimum absolute atomic E-state index is 0.264. The Kier molecular flexibility index (Phi) is 2.76. The Morgan fingerprint density at radius 3 is 2.78 bits per heavy atom. The van der Waals surface area contributed by atoms with Crippen LogP contribution < -0.4 is 0 Å². The molecule has 18 heavy (non-hydrogen) atoms. The number of fused-ring (bicyclic) bond motifs is 1. The normalized spacial score (nSPS) is 10.9. The Balaban J connectivity index is 2.05. The van der Waals surface area contributed by atoms with Crippen LogP contribution in [-0.2, 0) is 6.42 Å². The van der Waals surface area contributed by atoms with Crippen LogP contribution in [0, 0.1) is 0 Å². The van der Waals surface area contributed by atoms with Crippen LogP contribution in [0.4, 0.5) is 0 Å². The summed E-state index contributed by atoms with van der Waals surface area (Å²) in [5.74, 6) is 1.10. The lowest BCUT2D eigenvalue weighted by Crippen LogP contribution is -1.97. The van der Waals surface area contributed by atoms with E-state index in [1.807, 2.05) is 34.7 Å². The summed E-state index contributed by atoms with van der Waals surface area (Å²) in [4.78, 5) is 0. The molecule has 3 rings (SSSR count). The maximum atomic E-state index is 9.46. The molecule has 1 aromatic carbocycles. The maximum Gasteiger partial charge on any atom is 0.161 e. The molecule has 2 aromatic heterocycles. The van der Waals surface area contributed by atoms with E-state index in [0.29, 0.717) is 6.42 Å². The van der Waals surface area contributed by atoms with E-state index < -0.39 is 0 Å². The first kappa shape index (κ1) is 11.2. The zero-order valence-electron chi connectivity index (χ0n) is 9.42. The number of rotatable bonds is 2. The number of aromatic hydroxyl groups is 1. The van der Waals surface area contributed by atoms with Crippen molar-refractivity contribution in [2.24, 2.45) is 0 Å². The van der Waals surface area contributed by atoms with Crippen molar-refractivity contribution in [1.82, 2.24) is 14.6 Å². The Bertz CT molecular complexity index is 708. The fourth-order valence-electron chi connectivity index (χ4n) is 1.92. The predicted octanol–water partition coefficient (Wildman–Crippen LogP) is 2.79. The summed E-state index contributed by atoms with van der Waals surface area (Å²) in [5, 5.41) is 17.8. The van der Waals surface area contributed by atoms with Crippen molar-refractivity contribution in [3.63, 3.8) is 0 Å². The van der Waals surface area contributed by atoms with E-state index in [-0.39, 0.29) is 5.75 Å². The van der Waals surface area contributed by atoms with Gasteiger partial charge in [0.1, 0.15) is 11.6 Å². The topological polar surface area (TPSA) is 50.4 Å². The average molecular weight is 304 g/mol. The number of pyridine rings is 1. The number of hydrogen-bond donors (Lipinski definition) is 1. The molecule has 3 aromatic rings. The molecule has 0 amide bonds. The summed E-state index contributed by atoms with van der Waals surface area (Å²) in [6, 6.07) is 12.9. The largest absolute Gasteiger partial charge is 0.508 e. The van der Waals surface area contributed by atoms with Crippen LogP contribution in [0.25, 0.3) is 5.65 Å². The van der Waals surface area contributed by atoms with Crippen LogP contribution in [0.5, 0.6) is 5.75 Å². The molecule has 0 saturated heterocycles. The number of phenols is 1. The quantitative estimate of drug-likeness (QED) is 0.741. The number of aromatic nitrogens is 3. The molecule has 0 fully saturated rings. The molecule has 0 atom stereocenters. The molecule has 0 unspecified atom stereocenters. The fourth-order valence-corrected chi connectivity index (χ4v) is 2.46. The first-order valence-corrected chi connectivity index (χ1v) is 6.30. The summed E-state index contributed by atoms with van der Waals surface area (Å²) in [7, 11) is 0. The molecule has 5 heteroatoms. The fraction of sp³-hybridized carbons (Fsp3) is 0.0769. The number of nitrogens with zero attached hydrogens (tertiary/aromatic N) is 3. The molecule has 0 radical (unpaired) electrons. The third kappa shape index (κ3) is 1.97. The van der Waals surface area contributed by atoms with Gasteiger partial charge < -0.3 is 5.11 Å². The number of hydrogen-bond acceptors (Lipinski definition) is 3. The number of phenolic OH excluding ortho intramolecular Hbond substituents is 1. The van der Waals surface area contributed by atoms with E-state index in [0.717, 1.165) is 21.6 Å². The van der Waals surface area contributed by atoms with Crippen LogP contribution in [0.2, 0.25) is 0 Å². The van der Waals surface area contributed by atoms with Gasteiger partial charge in [-0.25, -0.2) is 0 Å². The van der Waals surface area contributed by atoms with E-state index >= 15 is 0 Å². The average Bonchev–Trinajstić information content (AvgIpc) is 2.74. The lowest BCUT2D eigenvalue weighted by molar-refractivity contribution is 0.474. The van der Waals surface area contributed by atoms with E-state index in [4.69, 9.17) is 0 Å². The van der Waals surface area contributed by atoms with Gasteiger partial charge in [-0.2, -0.15) is 0 Å². The monoisotopic (exact) mass is 303 g/mol. The van der Waals surface area contributed by atoms with Gasteiger partial charge in [-0.1, -0.05) is 18.2 Å². The summed E-state index contributed by atoms with van der Waals surface area (Å²) >= 11 is 3.49. The van der Waals surface area contributed by atoms with Gasteiger partial charge in [0, 0.05) is 6.42 Å². The third-order valence-electron chi connectivity index (χ3n) is 2.72. The van der Waals surface area contributed by atoms with Gasteiger partial charge in [0.15, 0.2) is 5.65 Å². The first-order chi connectivity index (χ1) is 8.74. The van der Waals surface area contributed by atoms with Crippen molar-refractivity contribution in [1.29, 1.82) is 0 Å². The highest BCUT2D eigenvalue weighted by Gasteiger charge is 2.08. The number of halogens is 1. The molecule has 4 nitrogen and oxygen atoms in total. The summed E-state index contributed by atoms with van der Waals surface area (Å²) < 4.78 is 2.87. The summed E-state index contributed by atoms with van der Waals surface area (Å²) in [6.45, 7) is 0. The Morgan fingerprint density at radius 1 is 1.11 bits per heavy atom. The SMILES string of the molecule is Oc1cccc(Cc2nnc3cccc(Br)n23)c1.